The lowest BCUT2D eigenvalue weighted by Crippen LogP contribution is -2.52. The van der Waals surface area contributed by atoms with Crippen LogP contribution in [-0.2, 0) is 0 Å². The van der Waals surface area contributed by atoms with Crippen molar-refractivity contribution in [3.05, 3.63) is 0 Å². The van der Waals surface area contributed by atoms with Gasteiger partial charge in [0.15, 0.2) is 0 Å². The summed E-state index contributed by atoms with van der Waals surface area (Å²) in [5.41, 5.74) is 0. The molecule has 2 nitrogen and oxygen atoms in total. The fourth-order valence-corrected chi connectivity index (χ4v) is 3.35. The Hall–Kier alpha value is -0.0800. The molecule has 16 heavy (non-hydrogen) atoms. The Morgan fingerprint density at radius 1 is 1.00 bits per heavy atom. The summed E-state index contributed by atoms with van der Waals surface area (Å²) >= 11 is 0. The fraction of sp³-hybridized carbons (Fsp3) is 1.00. The lowest BCUT2D eigenvalue weighted by atomic mass is 9.86. The van der Waals surface area contributed by atoms with Gasteiger partial charge in [-0.3, -0.25) is 9.80 Å². The third-order valence-electron chi connectivity index (χ3n) is 4.50. The Balaban J connectivity index is 1.79. The van der Waals surface area contributed by atoms with Crippen LogP contribution in [0.2, 0.25) is 0 Å². The highest BCUT2D eigenvalue weighted by Crippen LogP contribution is 2.27. The van der Waals surface area contributed by atoms with E-state index in [1.165, 1.54) is 51.9 Å². The first-order valence-corrected chi connectivity index (χ1v) is 7.15. The second-order valence-corrected chi connectivity index (χ2v) is 6.09. The van der Waals surface area contributed by atoms with Crippen LogP contribution in [0, 0.1) is 5.92 Å². The van der Waals surface area contributed by atoms with Gasteiger partial charge in [0.05, 0.1) is 0 Å². The minimum absolute atomic E-state index is 0.729. The molecular weight excluding hydrogens is 196 g/mol. The first-order valence-electron chi connectivity index (χ1n) is 7.15. The first kappa shape index (κ1) is 12.4. The van der Waals surface area contributed by atoms with Crippen molar-refractivity contribution in [2.45, 2.75) is 58.5 Å². The summed E-state index contributed by atoms with van der Waals surface area (Å²) in [7, 11) is 0. The van der Waals surface area contributed by atoms with Crippen LogP contribution in [0.3, 0.4) is 0 Å². The van der Waals surface area contributed by atoms with E-state index in [2.05, 4.69) is 30.6 Å². The molecule has 0 aromatic heterocycles. The number of hydrogen-bond acceptors (Lipinski definition) is 2. The van der Waals surface area contributed by atoms with Crippen LogP contribution in [0.25, 0.3) is 0 Å². The molecule has 0 aromatic rings. The Bertz CT molecular complexity index is 207. The maximum absolute atomic E-state index is 2.76. The highest BCUT2D eigenvalue weighted by Gasteiger charge is 2.27. The maximum atomic E-state index is 2.76. The predicted molar refractivity (Wildman–Crippen MR) is 69.7 cm³/mol. The van der Waals surface area contributed by atoms with Gasteiger partial charge in [-0.1, -0.05) is 19.8 Å². The molecule has 2 atom stereocenters. The molecule has 0 spiro atoms. The highest BCUT2D eigenvalue weighted by molar-refractivity contribution is 4.83. The molecule has 2 rings (SSSR count). The maximum Gasteiger partial charge on any atom is 0.0113 e. The SMILES string of the molecule is CC(C)N1CCN([C@H]2CCC[C@H](C)C2)CC1. The zero-order valence-corrected chi connectivity index (χ0v) is 11.3. The minimum Gasteiger partial charge on any atom is -0.298 e. The van der Waals surface area contributed by atoms with E-state index in [-0.39, 0.29) is 0 Å². The van der Waals surface area contributed by atoms with Crippen LogP contribution in [-0.4, -0.2) is 48.1 Å². The normalized spacial score (nSPS) is 34.5. The molecule has 0 aromatic carbocycles. The highest BCUT2D eigenvalue weighted by atomic mass is 15.3. The second kappa shape index (κ2) is 5.50. The Kier molecular flexibility index (Phi) is 4.26. The molecule has 0 radical (unpaired) electrons. The Labute approximate surface area is 101 Å². The van der Waals surface area contributed by atoms with Gasteiger partial charge in [0.1, 0.15) is 0 Å². The van der Waals surface area contributed by atoms with Crippen molar-refractivity contribution in [3.8, 4) is 0 Å². The van der Waals surface area contributed by atoms with E-state index in [9.17, 15) is 0 Å². The Morgan fingerprint density at radius 2 is 1.69 bits per heavy atom. The molecule has 1 saturated carbocycles. The summed E-state index contributed by atoms with van der Waals surface area (Å²) in [6, 6.07) is 1.63. The van der Waals surface area contributed by atoms with Gasteiger partial charge in [0, 0.05) is 38.3 Å². The van der Waals surface area contributed by atoms with Crippen molar-refractivity contribution in [1.82, 2.24) is 9.80 Å². The summed E-state index contributed by atoms with van der Waals surface area (Å²) in [6.07, 6.45) is 5.81. The van der Waals surface area contributed by atoms with Gasteiger partial charge in [-0.25, -0.2) is 0 Å². The van der Waals surface area contributed by atoms with Gasteiger partial charge in [-0.15, -0.1) is 0 Å². The molecule has 1 aliphatic heterocycles. The summed E-state index contributed by atoms with van der Waals surface area (Å²) in [5, 5.41) is 0. The second-order valence-electron chi connectivity index (χ2n) is 6.09. The molecule has 0 N–H and O–H groups in total. The standard InChI is InChI=1S/C14H28N2/c1-12(2)15-7-9-16(10-8-15)14-6-4-5-13(3)11-14/h12-14H,4-11H2,1-3H3/t13-,14-/m0/s1. The van der Waals surface area contributed by atoms with Crippen LogP contribution in [0.5, 0.6) is 0 Å². The van der Waals surface area contributed by atoms with Gasteiger partial charge >= 0.3 is 0 Å². The van der Waals surface area contributed by atoms with E-state index in [0.717, 1.165) is 18.0 Å². The summed E-state index contributed by atoms with van der Waals surface area (Å²) in [6.45, 7) is 12.2. The van der Waals surface area contributed by atoms with Crippen molar-refractivity contribution < 1.29 is 0 Å². The molecule has 2 heteroatoms. The number of hydrogen-bond donors (Lipinski definition) is 0. The largest absolute Gasteiger partial charge is 0.298 e. The van der Waals surface area contributed by atoms with Crippen LogP contribution in [0.4, 0.5) is 0 Å². The quantitative estimate of drug-likeness (QED) is 0.711. The number of piperazine rings is 1. The topological polar surface area (TPSA) is 6.48 Å². The van der Waals surface area contributed by atoms with Crippen molar-refractivity contribution in [2.24, 2.45) is 5.92 Å². The summed E-state index contributed by atoms with van der Waals surface area (Å²) in [5.74, 6) is 0.960. The van der Waals surface area contributed by atoms with Gasteiger partial charge < -0.3 is 0 Å². The summed E-state index contributed by atoms with van der Waals surface area (Å²) < 4.78 is 0. The zero-order chi connectivity index (χ0) is 11.5. The van der Waals surface area contributed by atoms with Crippen molar-refractivity contribution in [3.63, 3.8) is 0 Å². The van der Waals surface area contributed by atoms with E-state index in [4.69, 9.17) is 0 Å². The molecular formula is C14H28N2. The lowest BCUT2D eigenvalue weighted by molar-refractivity contribution is 0.0561. The average Bonchev–Trinajstić information content (AvgIpc) is 2.29. The van der Waals surface area contributed by atoms with Crippen LogP contribution in [0.15, 0.2) is 0 Å². The van der Waals surface area contributed by atoms with E-state index in [0.29, 0.717) is 0 Å². The average molecular weight is 224 g/mol. The zero-order valence-electron chi connectivity index (χ0n) is 11.3. The molecule has 0 bridgehead atoms. The van der Waals surface area contributed by atoms with Gasteiger partial charge in [0.25, 0.3) is 0 Å². The van der Waals surface area contributed by atoms with E-state index >= 15 is 0 Å². The summed E-state index contributed by atoms with van der Waals surface area (Å²) in [4.78, 5) is 5.37. The predicted octanol–water partition coefficient (Wildman–Crippen LogP) is 2.59. The van der Waals surface area contributed by atoms with Gasteiger partial charge in [-0.2, -0.15) is 0 Å². The van der Waals surface area contributed by atoms with E-state index in [1.807, 2.05) is 0 Å². The molecule has 1 saturated heterocycles. The fourth-order valence-electron chi connectivity index (χ4n) is 3.35. The first-order chi connectivity index (χ1) is 7.66. The number of rotatable bonds is 2. The van der Waals surface area contributed by atoms with Crippen molar-refractivity contribution >= 4 is 0 Å². The van der Waals surface area contributed by atoms with E-state index in [1.54, 1.807) is 0 Å². The Morgan fingerprint density at radius 3 is 2.25 bits per heavy atom. The van der Waals surface area contributed by atoms with Crippen LogP contribution >= 0.6 is 0 Å². The smallest absolute Gasteiger partial charge is 0.0113 e. The molecule has 2 fully saturated rings. The van der Waals surface area contributed by atoms with Crippen LogP contribution in [0.1, 0.15) is 46.5 Å². The van der Waals surface area contributed by atoms with Gasteiger partial charge in [-0.05, 0) is 32.6 Å². The lowest BCUT2D eigenvalue weighted by Gasteiger charge is -2.43. The van der Waals surface area contributed by atoms with Crippen molar-refractivity contribution in [2.75, 3.05) is 26.2 Å². The van der Waals surface area contributed by atoms with E-state index < -0.39 is 0 Å². The molecule has 0 amide bonds. The minimum atomic E-state index is 0.729. The number of nitrogens with zero attached hydrogens (tertiary/aromatic N) is 2. The molecule has 1 heterocycles. The van der Waals surface area contributed by atoms with Crippen LogP contribution < -0.4 is 0 Å². The molecule has 0 unspecified atom stereocenters. The molecule has 2 aliphatic rings. The van der Waals surface area contributed by atoms with Crippen molar-refractivity contribution in [1.29, 1.82) is 0 Å². The molecule has 1 aliphatic carbocycles. The third-order valence-corrected chi connectivity index (χ3v) is 4.50. The third kappa shape index (κ3) is 2.98. The monoisotopic (exact) mass is 224 g/mol. The van der Waals surface area contributed by atoms with Gasteiger partial charge in [0.2, 0.25) is 0 Å². The molecule has 94 valence electrons.